The number of hydrogen-bond acceptors (Lipinski definition) is 6. The molecule has 0 fully saturated rings. The van der Waals surface area contributed by atoms with E-state index < -0.39 is 11.7 Å². The molecule has 4 rings (SSSR count). The molecule has 0 spiro atoms. The van der Waals surface area contributed by atoms with Gasteiger partial charge >= 0.3 is 0 Å². The Morgan fingerprint density at radius 3 is 2.17 bits per heavy atom. The number of pyridine rings is 1. The van der Waals surface area contributed by atoms with Crippen LogP contribution in [0.25, 0.3) is 0 Å². The predicted octanol–water partition coefficient (Wildman–Crippen LogP) is 4.75. The Labute approximate surface area is 172 Å². The van der Waals surface area contributed by atoms with E-state index in [1.54, 1.807) is 42.6 Å². The van der Waals surface area contributed by atoms with Crippen molar-refractivity contribution in [1.29, 1.82) is 0 Å². The van der Waals surface area contributed by atoms with Crippen molar-refractivity contribution < 1.29 is 9.18 Å². The van der Waals surface area contributed by atoms with Crippen LogP contribution in [0.15, 0.2) is 85.3 Å². The van der Waals surface area contributed by atoms with E-state index in [1.165, 1.54) is 24.5 Å². The number of halogens is 1. The Bertz CT molecular complexity index is 1150. The van der Waals surface area contributed by atoms with Gasteiger partial charge in [0.05, 0.1) is 5.56 Å². The van der Waals surface area contributed by atoms with Gasteiger partial charge in [0.2, 0.25) is 0 Å². The summed E-state index contributed by atoms with van der Waals surface area (Å²) in [5.74, 6) is 0.797. The summed E-state index contributed by atoms with van der Waals surface area (Å²) in [7, 11) is 0. The Kier molecular flexibility index (Phi) is 5.56. The molecule has 0 saturated carbocycles. The van der Waals surface area contributed by atoms with Crippen molar-refractivity contribution in [3.63, 3.8) is 0 Å². The van der Waals surface area contributed by atoms with Crippen LogP contribution < -0.4 is 16.0 Å². The largest absolute Gasteiger partial charge is 0.340 e. The monoisotopic (exact) mass is 400 g/mol. The van der Waals surface area contributed by atoms with Crippen molar-refractivity contribution in [3.8, 4) is 0 Å². The first-order valence-electron chi connectivity index (χ1n) is 9.10. The fourth-order valence-electron chi connectivity index (χ4n) is 2.69. The van der Waals surface area contributed by atoms with E-state index >= 15 is 0 Å². The number of nitrogens with one attached hydrogen (secondary N) is 3. The molecule has 0 atom stereocenters. The maximum Gasteiger partial charge on any atom is 0.258 e. The zero-order valence-electron chi connectivity index (χ0n) is 15.7. The van der Waals surface area contributed by atoms with E-state index in [0.717, 1.165) is 5.69 Å². The highest BCUT2D eigenvalue weighted by Gasteiger charge is 2.11. The summed E-state index contributed by atoms with van der Waals surface area (Å²) < 4.78 is 13.7. The molecular formula is C22H17FN6O. The molecule has 0 aliphatic rings. The van der Waals surface area contributed by atoms with Gasteiger partial charge in [-0.1, -0.05) is 18.2 Å². The molecule has 1 amide bonds. The van der Waals surface area contributed by atoms with Crippen LogP contribution in [0.5, 0.6) is 0 Å². The summed E-state index contributed by atoms with van der Waals surface area (Å²) in [5.41, 5.74) is 1.31. The highest BCUT2D eigenvalue weighted by atomic mass is 19.1. The van der Waals surface area contributed by atoms with Crippen molar-refractivity contribution in [3.05, 3.63) is 96.7 Å². The highest BCUT2D eigenvalue weighted by molar-refractivity contribution is 6.04. The van der Waals surface area contributed by atoms with Crippen LogP contribution in [0.3, 0.4) is 0 Å². The van der Waals surface area contributed by atoms with Gasteiger partial charge in [0.15, 0.2) is 0 Å². The third kappa shape index (κ3) is 4.74. The molecule has 2 aromatic heterocycles. The molecule has 0 saturated heterocycles. The standard InChI is InChI=1S/C22H17FN6O/c23-18-6-2-1-5-17(18)22(30)28-16-10-8-15(9-11-16)27-20-13-21(26-14-25-20)29-19-7-3-4-12-24-19/h1-14H,(H,28,30)(H2,24,25,26,27,29). The van der Waals surface area contributed by atoms with Gasteiger partial charge in [0.25, 0.3) is 5.91 Å². The molecule has 4 aromatic rings. The molecule has 0 bridgehead atoms. The molecule has 0 aliphatic carbocycles. The molecule has 2 heterocycles. The fraction of sp³-hybridized carbons (Fsp3) is 0. The smallest absolute Gasteiger partial charge is 0.258 e. The molecule has 148 valence electrons. The van der Waals surface area contributed by atoms with Crippen molar-refractivity contribution in [1.82, 2.24) is 15.0 Å². The van der Waals surface area contributed by atoms with Gasteiger partial charge in [-0.25, -0.2) is 19.3 Å². The average Bonchev–Trinajstić information content (AvgIpc) is 2.76. The summed E-state index contributed by atoms with van der Waals surface area (Å²) >= 11 is 0. The summed E-state index contributed by atoms with van der Waals surface area (Å²) in [5, 5.41) is 8.94. The zero-order chi connectivity index (χ0) is 20.8. The molecule has 3 N–H and O–H groups in total. The second-order valence-corrected chi connectivity index (χ2v) is 6.26. The second-order valence-electron chi connectivity index (χ2n) is 6.26. The molecule has 7 nitrogen and oxygen atoms in total. The van der Waals surface area contributed by atoms with Crippen LogP contribution >= 0.6 is 0 Å². The third-order valence-corrected chi connectivity index (χ3v) is 4.12. The quantitative estimate of drug-likeness (QED) is 0.433. The summed E-state index contributed by atoms with van der Waals surface area (Å²) in [6.45, 7) is 0. The molecule has 0 aliphatic heterocycles. The lowest BCUT2D eigenvalue weighted by Crippen LogP contribution is -2.13. The molecule has 30 heavy (non-hydrogen) atoms. The summed E-state index contributed by atoms with van der Waals surface area (Å²) in [6.07, 6.45) is 3.13. The van der Waals surface area contributed by atoms with Crippen molar-refractivity contribution in [2.75, 3.05) is 16.0 Å². The minimum atomic E-state index is -0.563. The third-order valence-electron chi connectivity index (χ3n) is 4.12. The van der Waals surface area contributed by atoms with Crippen LogP contribution in [0, 0.1) is 5.82 Å². The molecule has 0 unspecified atom stereocenters. The van der Waals surface area contributed by atoms with Crippen molar-refractivity contribution >= 4 is 34.7 Å². The fourth-order valence-corrected chi connectivity index (χ4v) is 2.69. The lowest BCUT2D eigenvalue weighted by molar-refractivity contribution is 0.102. The van der Waals surface area contributed by atoms with Crippen LogP contribution in [0.1, 0.15) is 10.4 Å². The highest BCUT2D eigenvalue weighted by Crippen LogP contribution is 2.20. The van der Waals surface area contributed by atoms with Crippen LogP contribution in [0.4, 0.5) is 33.2 Å². The van der Waals surface area contributed by atoms with Gasteiger partial charge < -0.3 is 16.0 Å². The second kappa shape index (κ2) is 8.78. The van der Waals surface area contributed by atoms with Crippen molar-refractivity contribution in [2.24, 2.45) is 0 Å². The van der Waals surface area contributed by atoms with Gasteiger partial charge in [0, 0.05) is 23.6 Å². The minimum Gasteiger partial charge on any atom is -0.340 e. The van der Waals surface area contributed by atoms with Gasteiger partial charge in [-0.2, -0.15) is 0 Å². The Morgan fingerprint density at radius 2 is 1.43 bits per heavy atom. The number of rotatable bonds is 6. The van der Waals surface area contributed by atoms with Gasteiger partial charge in [0.1, 0.15) is 29.6 Å². The van der Waals surface area contributed by atoms with E-state index in [0.29, 0.717) is 23.1 Å². The topological polar surface area (TPSA) is 91.8 Å². The lowest BCUT2D eigenvalue weighted by Gasteiger charge is -2.10. The number of amides is 1. The summed E-state index contributed by atoms with van der Waals surface area (Å²) in [4.78, 5) is 24.8. The predicted molar refractivity (Wildman–Crippen MR) is 114 cm³/mol. The van der Waals surface area contributed by atoms with E-state index in [-0.39, 0.29) is 5.56 Å². The number of carbonyl (C=O) groups is 1. The SMILES string of the molecule is O=C(Nc1ccc(Nc2cc(Nc3ccccn3)ncn2)cc1)c1ccccc1F. The number of aromatic nitrogens is 3. The number of hydrogen-bond donors (Lipinski definition) is 3. The Morgan fingerprint density at radius 1 is 0.733 bits per heavy atom. The van der Waals surface area contributed by atoms with Gasteiger partial charge in [-0.05, 0) is 48.5 Å². The van der Waals surface area contributed by atoms with E-state index in [2.05, 4.69) is 30.9 Å². The summed E-state index contributed by atoms with van der Waals surface area (Å²) in [6, 6.07) is 20.1. The van der Waals surface area contributed by atoms with Crippen LogP contribution in [-0.4, -0.2) is 20.9 Å². The first-order chi connectivity index (χ1) is 14.7. The number of nitrogens with zero attached hydrogens (tertiary/aromatic N) is 3. The molecule has 0 radical (unpaired) electrons. The minimum absolute atomic E-state index is 0.00591. The van der Waals surface area contributed by atoms with Gasteiger partial charge in [-0.15, -0.1) is 0 Å². The average molecular weight is 400 g/mol. The normalized spacial score (nSPS) is 10.3. The maximum atomic E-state index is 13.7. The maximum absolute atomic E-state index is 13.7. The first kappa shape index (κ1) is 19.0. The van der Waals surface area contributed by atoms with Crippen LogP contribution in [-0.2, 0) is 0 Å². The zero-order valence-corrected chi connectivity index (χ0v) is 15.7. The lowest BCUT2D eigenvalue weighted by atomic mass is 10.2. The van der Waals surface area contributed by atoms with Crippen molar-refractivity contribution in [2.45, 2.75) is 0 Å². The Hall–Kier alpha value is -4.33. The molecular weight excluding hydrogens is 383 g/mol. The van der Waals surface area contributed by atoms with E-state index in [1.807, 2.05) is 18.2 Å². The van der Waals surface area contributed by atoms with E-state index in [9.17, 15) is 9.18 Å². The molecule has 2 aromatic carbocycles. The number of benzene rings is 2. The number of carbonyl (C=O) groups excluding carboxylic acids is 1. The van der Waals surface area contributed by atoms with Gasteiger partial charge in [-0.3, -0.25) is 4.79 Å². The van der Waals surface area contributed by atoms with E-state index in [4.69, 9.17) is 0 Å². The first-order valence-corrected chi connectivity index (χ1v) is 9.10. The number of anilines is 5. The van der Waals surface area contributed by atoms with Crippen LogP contribution in [0.2, 0.25) is 0 Å². The molecule has 8 heteroatoms. The Balaban J connectivity index is 1.41.